The summed E-state index contributed by atoms with van der Waals surface area (Å²) in [5.74, 6) is -0.393. The minimum absolute atomic E-state index is 0.171. The van der Waals surface area contributed by atoms with Gasteiger partial charge in [-0.25, -0.2) is 4.79 Å². The van der Waals surface area contributed by atoms with Gasteiger partial charge in [-0.3, -0.25) is 4.79 Å². The smallest absolute Gasteiger partial charge is 0.327 e. The lowest BCUT2D eigenvalue weighted by Crippen LogP contribution is -2.49. The number of amides is 1. The quantitative estimate of drug-likeness (QED) is 0.919. The summed E-state index contributed by atoms with van der Waals surface area (Å²) in [6.45, 7) is 3.44. The number of carboxylic acids is 1. The molecule has 5 nitrogen and oxygen atoms in total. The Balaban J connectivity index is 2.07. The maximum atomic E-state index is 12.4. The number of benzene rings is 1. The fourth-order valence-corrected chi connectivity index (χ4v) is 3.45. The summed E-state index contributed by atoms with van der Waals surface area (Å²) in [5.41, 5.74) is 0. The molecule has 1 heterocycles. The molecule has 1 aliphatic heterocycles. The Morgan fingerprint density at radius 3 is 2.62 bits per heavy atom. The van der Waals surface area contributed by atoms with E-state index in [0.29, 0.717) is 16.5 Å². The molecule has 0 spiro atoms. The molecule has 1 saturated heterocycles. The zero-order valence-electron chi connectivity index (χ0n) is 11.7. The van der Waals surface area contributed by atoms with Crippen molar-refractivity contribution in [2.24, 2.45) is 0 Å². The van der Waals surface area contributed by atoms with Crippen LogP contribution in [-0.2, 0) is 9.59 Å². The predicted molar refractivity (Wildman–Crippen MR) is 81.7 cm³/mol. The van der Waals surface area contributed by atoms with E-state index in [2.05, 4.69) is 0 Å². The van der Waals surface area contributed by atoms with Crippen molar-refractivity contribution in [3.63, 3.8) is 0 Å². The van der Waals surface area contributed by atoms with Gasteiger partial charge in [-0.1, -0.05) is 11.6 Å². The Morgan fingerprint density at radius 1 is 1.43 bits per heavy atom. The lowest BCUT2D eigenvalue weighted by molar-refractivity contribution is -0.151. The molecule has 0 radical (unpaired) electrons. The second-order valence-electron chi connectivity index (χ2n) is 4.75. The average molecular weight is 330 g/mol. The van der Waals surface area contributed by atoms with Gasteiger partial charge in [0.05, 0.1) is 5.37 Å². The largest absolute Gasteiger partial charge is 0.481 e. The van der Waals surface area contributed by atoms with Crippen molar-refractivity contribution in [1.82, 2.24) is 4.90 Å². The van der Waals surface area contributed by atoms with E-state index in [1.54, 1.807) is 31.2 Å². The maximum Gasteiger partial charge on any atom is 0.327 e. The molecular weight excluding hydrogens is 314 g/mol. The fraction of sp³-hybridized carbons (Fsp3) is 0.429. The lowest BCUT2D eigenvalue weighted by Gasteiger charge is -2.28. The number of hydrogen-bond acceptors (Lipinski definition) is 4. The van der Waals surface area contributed by atoms with E-state index in [9.17, 15) is 14.7 Å². The molecule has 3 unspecified atom stereocenters. The van der Waals surface area contributed by atoms with Crippen LogP contribution in [0.15, 0.2) is 24.3 Å². The van der Waals surface area contributed by atoms with Gasteiger partial charge in [0, 0.05) is 10.8 Å². The molecule has 0 bridgehead atoms. The molecule has 0 aliphatic carbocycles. The average Bonchev–Trinajstić information content (AvgIpc) is 2.82. The number of carboxylic acid groups (broad SMARTS) is 1. The van der Waals surface area contributed by atoms with Gasteiger partial charge < -0.3 is 14.7 Å². The van der Waals surface area contributed by atoms with Crippen LogP contribution in [0.25, 0.3) is 0 Å². The first-order valence-corrected chi connectivity index (χ1v) is 7.91. The van der Waals surface area contributed by atoms with Crippen molar-refractivity contribution >= 4 is 35.2 Å². The molecule has 7 heteroatoms. The van der Waals surface area contributed by atoms with E-state index < -0.39 is 18.1 Å². The van der Waals surface area contributed by atoms with Crippen LogP contribution in [0.2, 0.25) is 5.02 Å². The highest BCUT2D eigenvalue weighted by molar-refractivity contribution is 8.00. The van der Waals surface area contributed by atoms with Gasteiger partial charge in [0.15, 0.2) is 6.10 Å². The maximum absolute atomic E-state index is 12.4. The Labute approximate surface area is 132 Å². The van der Waals surface area contributed by atoms with Crippen molar-refractivity contribution in [2.45, 2.75) is 31.4 Å². The predicted octanol–water partition coefficient (Wildman–Crippen LogP) is 2.48. The van der Waals surface area contributed by atoms with E-state index in [0.717, 1.165) is 0 Å². The third-order valence-electron chi connectivity index (χ3n) is 3.24. The van der Waals surface area contributed by atoms with Crippen molar-refractivity contribution in [3.8, 4) is 5.75 Å². The molecule has 0 saturated carbocycles. The number of halogens is 1. The van der Waals surface area contributed by atoms with Gasteiger partial charge in [0.2, 0.25) is 0 Å². The number of rotatable bonds is 4. The van der Waals surface area contributed by atoms with Crippen LogP contribution in [0.4, 0.5) is 0 Å². The first kappa shape index (κ1) is 16.0. The summed E-state index contributed by atoms with van der Waals surface area (Å²) < 4.78 is 5.57. The number of ether oxygens (including phenoxy) is 1. The van der Waals surface area contributed by atoms with Crippen molar-refractivity contribution in [1.29, 1.82) is 0 Å². The number of carbonyl (C=O) groups is 2. The molecule has 21 heavy (non-hydrogen) atoms. The Hall–Kier alpha value is -1.40. The van der Waals surface area contributed by atoms with Crippen LogP contribution in [0.5, 0.6) is 5.75 Å². The third kappa shape index (κ3) is 3.63. The van der Waals surface area contributed by atoms with Crippen LogP contribution >= 0.6 is 23.4 Å². The van der Waals surface area contributed by atoms with E-state index in [1.165, 1.54) is 16.7 Å². The molecule has 2 rings (SSSR count). The van der Waals surface area contributed by atoms with E-state index in [-0.39, 0.29) is 11.3 Å². The van der Waals surface area contributed by atoms with Crippen LogP contribution in [0.1, 0.15) is 13.8 Å². The van der Waals surface area contributed by atoms with Gasteiger partial charge in [-0.15, -0.1) is 11.8 Å². The van der Waals surface area contributed by atoms with Crippen LogP contribution in [0.3, 0.4) is 0 Å². The summed E-state index contributed by atoms with van der Waals surface area (Å²) in [6.07, 6.45) is -0.755. The molecule has 0 aromatic heterocycles. The summed E-state index contributed by atoms with van der Waals surface area (Å²) in [7, 11) is 0. The zero-order chi connectivity index (χ0) is 15.6. The number of nitrogens with zero attached hydrogens (tertiary/aromatic N) is 1. The first-order chi connectivity index (χ1) is 9.90. The van der Waals surface area contributed by atoms with E-state index in [4.69, 9.17) is 16.3 Å². The third-order valence-corrected chi connectivity index (χ3v) is 4.71. The molecule has 1 aromatic rings. The second kappa shape index (κ2) is 6.58. The minimum Gasteiger partial charge on any atom is -0.481 e. The van der Waals surface area contributed by atoms with Crippen molar-refractivity contribution in [2.75, 3.05) is 5.75 Å². The van der Waals surface area contributed by atoms with Crippen molar-refractivity contribution in [3.05, 3.63) is 29.3 Å². The molecule has 1 aliphatic rings. The highest BCUT2D eigenvalue weighted by atomic mass is 35.5. The standard InChI is InChI=1S/C14H16ClNO4S/c1-8(20-11-5-3-10(15)4-6-11)13(17)16-9(2)21-7-12(16)14(18)19/h3-6,8-9,12H,7H2,1-2H3,(H,18,19). The number of carbonyl (C=O) groups excluding carboxylic acids is 1. The molecule has 3 atom stereocenters. The molecule has 1 amide bonds. The molecular formula is C14H16ClNO4S. The molecule has 114 valence electrons. The van der Waals surface area contributed by atoms with Gasteiger partial charge in [-0.05, 0) is 38.1 Å². The minimum atomic E-state index is -0.987. The molecule has 1 aromatic carbocycles. The van der Waals surface area contributed by atoms with Gasteiger partial charge in [0.1, 0.15) is 11.8 Å². The monoisotopic (exact) mass is 329 g/mol. The van der Waals surface area contributed by atoms with Crippen molar-refractivity contribution < 1.29 is 19.4 Å². The SMILES string of the molecule is CC(Oc1ccc(Cl)cc1)C(=O)N1C(C)SCC1C(=O)O. The zero-order valence-corrected chi connectivity index (χ0v) is 13.2. The Kier molecular flexibility index (Phi) is 5.00. The first-order valence-electron chi connectivity index (χ1n) is 6.49. The highest BCUT2D eigenvalue weighted by Crippen LogP contribution is 2.30. The summed E-state index contributed by atoms with van der Waals surface area (Å²) in [5, 5.41) is 9.60. The number of aliphatic carboxylic acids is 1. The summed E-state index contributed by atoms with van der Waals surface area (Å²) >= 11 is 7.24. The number of hydrogen-bond donors (Lipinski definition) is 1. The second-order valence-corrected chi connectivity index (χ2v) is 6.53. The van der Waals surface area contributed by atoms with Gasteiger partial charge in [-0.2, -0.15) is 0 Å². The summed E-state index contributed by atoms with van der Waals surface area (Å²) in [6, 6.07) is 5.88. The van der Waals surface area contributed by atoms with Crippen LogP contribution in [0, 0.1) is 0 Å². The molecule has 1 fully saturated rings. The lowest BCUT2D eigenvalue weighted by atomic mass is 10.2. The Bertz CT molecular complexity index is 536. The van der Waals surface area contributed by atoms with E-state index >= 15 is 0 Å². The Morgan fingerprint density at radius 2 is 2.05 bits per heavy atom. The fourth-order valence-electron chi connectivity index (χ4n) is 2.15. The van der Waals surface area contributed by atoms with Gasteiger partial charge in [0.25, 0.3) is 5.91 Å². The highest BCUT2D eigenvalue weighted by Gasteiger charge is 2.41. The van der Waals surface area contributed by atoms with Gasteiger partial charge >= 0.3 is 5.97 Å². The number of thioether (sulfide) groups is 1. The van der Waals surface area contributed by atoms with Crippen LogP contribution < -0.4 is 4.74 Å². The normalized spacial score (nSPS) is 22.9. The molecule has 1 N–H and O–H groups in total. The van der Waals surface area contributed by atoms with E-state index in [1.807, 2.05) is 6.92 Å². The topological polar surface area (TPSA) is 66.8 Å². The van der Waals surface area contributed by atoms with Crippen LogP contribution in [-0.4, -0.2) is 45.2 Å². The summed E-state index contributed by atoms with van der Waals surface area (Å²) in [4.78, 5) is 25.0.